The standard InChI is InChI=1S/C10H11ClO/c1-3-8-6-9(11)4-5-10(8)7(2)12/h4-6H,3H2,1-2H3. The second-order valence-corrected chi connectivity index (χ2v) is 3.15. The zero-order valence-corrected chi connectivity index (χ0v) is 7.98. The number of aryl methyl sites for hydroxylation is 1. The molecule has 0 amide bonds. The normalized spacial score (nSPS) is 9.92. The summed E-state index contributed by atoms with van der Waals surface area (Å²) in [4.78, 5) is 11.1. The Kier molecular flexibility index (Phi) is 2.88. The van der Waals surface area contributed by atoms with Crippen LogP contribution in [0.15, 0.2) is 18.2 Å². The van der Waals surface area contributed by atoms with E-state index in [2.05, 4.69) is 0 Å². The van der Waals surface area contributed by atoms with Crippen LogP contribution in [0.25, 0.3) is 0 Å². The van der Waals surface area contributed by atoms with Crippen LogP contribution in [0.1, 0.15) is 29.8 Å². The Hall–Kier alpha value is -0.820. The predicted octanol–water partition coefficient (Wildman–Crippen LogP) is 3.11. The molecule has 0 saturated carbocycles. The third-order valence-electron chi connectivity index (χ3n) is 1.83. The van der Waals surface area contributed by atoms with Gasteiger partial charge >= 0.3 is 0 Å². The van der Waals surface area contributed by atoms with Gasteiger partial charge in [-0.1, -0.05) is 18.5 Å². The van der Waals surface area contributed by atoms with Crippen LogP contribution in [-0.4, -0.2) is 5.78 Å². The summed E-state index contributed by atoms with van der Waals surface area (Å²) in [7, 11) is 0. The van der Waals surface area contributed by atoms with Crippen molar-refractivity contribution < 1.29 is 4.79 Å². The Balaban J connectivity index is 3.20. The van der Waals surface area contributed by atoms with Gasteiger partial charge in [0.1, 0.15) is 0 Å². The summed E-state index contributed by atoms with van der Waals surface area (Å²) in [6, 6.07) is 5.37. The molecule has 1 aromatic rings. The lowest BCUT2D eigenvalue weighted by Crippen LogP contribution is -1.97. The molecule has 1 rings (SSSR count). The van der Waals surface area contributed by atoms with Crippen LogP contribution in [0, 0.1) is 0 Å². The Morgan fingerprint density at radius 3 is 2.67 bits per heavy atom. The van der Waals surface area contributed by atoms with Crippen molar-refractivity contribution in [3.05, 3.63) is 34.3 Å². The van der Waals surface area contributed by atoms with Crippen molar-refractivity contribution >= 4 is 17.4 Å². The zero-order chi connectivity index (χ0) is 9.14. The quantitative estimate of drug-likeness (QED) is 0.643. The maximum absolute atomic E-state index is 11.1. The van der Waals surface area contributed by atoms with Gasteiger partial charge in [0.05, 0.1) is 0 Å². The SMILES string of the molecule is CCc1cc(Cl)ccc1C(C)=O. The number of hydrogen-bond donors (Lipinski definition) is 0. The third-order valence-corrected chi connectivity index (χ3v) is 2.06. The van der Waals surface area contributed by atoms with Crippen molar-refractivity contribution in [2.45, 2.75) is 20.3 Å². The first-order valence-corrected chi connectivity index (χ1v) is 4.32. The van der Waals surface area contributed by atoms with E-state index in [9.17, 15) is 4.79 Å². The summed E-state index contributed by atoms with van der Waals surface area (Å²) in [5.41, 5.74) is 1.80. The van der Waals surface area contributed by atoms with Gasteiger partial charge in [-0.15, -0.1) is 0 Å². The van der Waals surface area contributed by atoms with Crippen LogP contribution in [0.4, 0.5) is 0 Å². The maximum atomic E-state index is 11.1. The lowest BCUT2D eigenvalue weighted by atomic mass is 10.0. The van der Waals surface area contributed by atoms with Gasteiger partial charge < -0.3 is 0 Å². The summed E-state index contributed by atoms with van der Waals surface area (Å²) < 4.78 is 0. The van der Waals surface area contributed by atoms with E-state index < -0.39 is 0 Å². The zero-order valence-electron chi connectivity index (χ0n) is 7.23. The molecule has 0 unspecified atom stereocenters. The molecule has 1 nitrogen and oxygen atoms in total. The molecule has 0 N–H and O–H groups in total. The molecule has 1 aromatic carbocycles. The highest BCUT2D eigenvalue weighted by Crippen LogP contribution is 2.16. The Morgan fingerprint density at radius 1 is 1.50 bits per heavy atom. The van der Waals surface area contributed by atoms with E-state index in [4.69, 9.17) is 11.6 Å². The number of carbonyl (C=O) groups is 1. The van der Waals surface area contributed by atoms with Crippen LogP contribution >= 0.6 is 11.6 Å². The number of carbonyl (C=O) groups excluding carboxylic acids is 1. The number of Topliss-reactive ketones (excluding diaryl/α,β-unsaturated/α-hetero) is 1. The molecular weight excluding hydrogens is 172 g/mol. The minimum atomic E-state index is 0.100. The van der Waals surface area contributed by atoms with E-state index in [1.54, 1.807) is 19.1 Å². The van der Waals surface area contributed by atoms with Gasteiger partial charge in [0.2, 0.25) is 0 Å². The monoisotopic (exact) mass is 182 g/mol. The number of rotatable bonds is 2. The van der Waals surface area contributed by atoms with Crippen LogP contribution in [0.2, 0.25) is 5.02 Å². The van der Waals surface area contributed by atoms with Gasteiger partial charge in [0.15, 0.2) is 5.78 Å². The minimum Gasteiger partial charge on any atom is -0.295 e. The first kappa shape index (κ1) is 9.27. The Bertz CT molecular complexity index is 305. The van der Waals surface area contributed by atoms with E-state index in [-0.39, 0.29) is 5.78 Å². The first-order chi connectivity index (χ1) is 5.65. The molecule has 0 atom stereocenters. The summed E-state index contributed by atoms with van der Waals surface area (Å²) in [5.74, 6) is 0.100. The fourth-order valence-electron chi connectivity index (χ4n) is 1.20. The maximum Gasteiger partial charge on any atom is 0.160 e. The van der Waals surface area contributed by atoms with Crippen molar-refractivity contribution in [1.82, 2.24) is 0 Å². The van der Waals surface area contributed by atoms with E-state index >= 15 is 0 Å². The minimum absolute atomic E-state index is 0.100. The molecule has 0 saturated heterocycles. The largest absolute Gasteiger partial charge is 0.295 e. The van der Waals surface area contributed by atoms with Gasteiger partial charge in [-0.2, -0.15) is 0 Å². The van der Waals surface area contributed by atoms with Gasteiger partial charge in [-0.05, 0) is 37.1 Å². The fraction of sp³-hybridized carbons (Fsp3) is 0.300. The highest BCUT2D eigenvalue weighted by Gasteiger charge is 2.05. The molecule has 0 aliphatic rings. The molecular formula is C10H11ClO. The number of ketones is 1. The molecule has 0 spiro atoms. The van der Waals surface area contributed by atoms with Crippen molar-refractivity contribution in [3.63, 3.8) is 0 Å². The number of benzene rings is 1. The van der Waals surface area contributed by atoms with E-state index in [1.807, 2.05) is 13.0 Å². The highest BCUT2D eigenvalue weighted by atomic mass is 35.5. The van der Waals surface area contributed by atoms with Crippen molar-refractivity contribution in [3.8, 4) is 0 Å². The molecule has 0 aliphatic heterocycles. The van der Waals surface area contributed by atoms with Gasteiger partial charge in [0.25, 0.3) is 0 Å². The van der Waals surface area contributed by atoms with Crippen molar-refractivity contribution in [2.24, 2.45) is 0 Å². The van der Waals surface area contributed by atoms with Crippen LogP contribution < -0.4 is 0 Å². The molecule has 0 heterocycles. The molecule has 0 aromatic heterocycles. The molecule has 0 radical (unpaired) electrons. The van der Waals surface area contributed by atoms with Crippen LogP contribution in [-0.2, 0) is 6.42 Å². The average molecular weight is 183 g/mol. The topological polar surface area (TPSA) is 17.1 Å². The van der Waals surface area contributed by atoms with E-state index in [0.29, 0.717) is 5.02 Å². The van der Waals surface area contributed by atoms with Gasteiger partial charge in [-0.3, -0.25) is 4.79 Å². The molecule has 0 fully saturated rings. The Labute approximate surface area is 77.4 Å². The van der Waals surface area contributed by atoms with E-state index in [0.717, 1.165) is 17.5 Å². The lowest BCUT2D eigenvalue weighted by molar-refractivity contribution is 0.101. The summed E-state index contributed by atoms with van der Waals surface area (Å²) in [6.07, 6.45) is 0.843. The lowest BCUT2D eigenvalue weighted by Gasteiger charge is -2.03. The van der Waals surface area contributed by atoms with Gasteiger partial charge in [-0.25, -0.2) is 0 Å². The number of halogens is 1. The molecule has 12 heavy (non-hydrogen) atoms. The van der Waals surface area contributed by atoms with E-state index in [1.165, 1.54) is 0 Å². The van der Waals surface area contributed by atoms with Crippen LogP contribution in [0.5, 0.6) is 0 Å². The van der Waals surface area contributed by atoms with Crippen molar-refractivity contribution in [2.75, 3.05) is 0 Å². The first-order valence-electron chi connectivity index (χ1n) is 3.94. The highest BCUT2D eigenvalue weighted by molar-refractivity contribution is 6.30. The second-order valence-electron chi connectivity index (χ2n) is 2.71. The van der Waals surface area contributed by atoms with Crippen molar-refractivity contribution in [1.29, 1.82) is 0 Å². The fourth-order valence-corrected chi connectivity index (χ4v) is 1.39. The molecule has 64 valence electrons. The summed E-state index contributed by atoms with van der Waals surface area (Å²) >= 11 is 5.79. The predicted molar refractivity (Wildman–Crippen MR) is 50.8 cm³/mol. The molecule has 0 bridgehead atoms. The second kappa shape index (κ2) is 3.72. The third kappa shape index (κ3) is 1.86. The smallest absolute Gasteiger partial charge is 0.160 e. The number of hydrogen-bond acceptors (Lipinski definition) is 1. The van der Waals surface area contributed by atoms with Crippen LogP contribution in [0.3, 0.4) is 0 Å². The van der Waals surface area contributed by atoms with Gasteiger partial charge in [0, 0.05) is 10.6 Å². The average Bonchev–Trinajstić information content (AvgIpc) is 2.03. The molecule has 0 aliphatic carbocycles. The summed E-state index contributed by atoms with van der Waals surface area (Å²) in [6.45, 7) is 3.58. The summed E-state index contributed by atoms with van der Waals surface area (Å²) in [5, 5.41) is 0.692. The molecule has 2 heteroatoms. The Morgan fingerprint density at radius 2 is 2.17 bits per heavy atom.